The van der Waals surface area contributed by atoms with E-state index >= 15 is 0 Å². The second-order valence-corrected chi connectivity index (χ2v) is 6.20. The largest absolute Gasteiger partial charge is 0.459 e. The van der Waals surface area contributed by atoms with Gasteiger partial charge in [0.25, 0.3) is 0 Å². The standard InChI is InChI=1S/C16H25N3O3/c1-12(19(5)11-15(20)22-16(2,3)4)14-8-6-13(7-9-14)10-17-18-21/h6-10,12,18,21H,11H2,1-5H3/b17-10-/t12-/m1/s1. The lowest BCUT2D eigenvalue weighted by atomic mass is 10.1. The van der Waals surface area contributed by atoms with Crippen molar-refractivity contribution < 1.29 is 14.7 Å². The molecule has 0 aliphatic carbocycles. The molecule has 122 valence electrons. The van der Waals surface area contributed by atoms with Crippen molar-refractivity contribution in [3.05, 3.63) is 35.4 Å². The highest BCUT2D eigenvalue weighted by Gasteiger charge is 2.20. The van der Waals surface area contributed by atoms with E-state index in [9.17, 15) is 4.79 Å². The van der Waals surface area contributed by atoms with Crippen molar-refractivity contribution in [2.24, 2.45) is 5.10 Å². The van der Waals surface area contributed by atoms with E-state index in [-0.39, 0.29) is 18.6 Å². The van der Waals surface area contributed by atoms with Crippen LogP contribution in [0.5, 0.6) is 0 Å². The lowest BCUT2D eigenvalue weighted by molar-refractivity contribution is -0.156. The fraction of sp³-hybridized carbons (Fsp3) is 0.500. The first-order chi connectivity index (χ1) is 10.2. The zero-order chi connectivity index (χ0) is 16.8. The van der Waals surface area contributed by atoms with Gasteiger partial charge in [-0.1, -0.05) is 24.3 Å². The Hall–Kier alpha value is -1.92. The van der Waals surface area contributed by atoms with Crippen molar-refractivity contribution >= 4 is 12.2 Å². The molecule has 0 fully saturated rings. The van der Waals surface area contributed by atoms with Gasteiger partial charge < -0.3 is 4.74 Å². The molecule has 0 saturated heterocycles. The first kappa shape index (κ1) is 18.1. The van der Waals surface area contributed by atoms with Gasteiger partial charge in [-0.3, -0.25) is 14.9 Å². The van der Waals surface area contributed by atoms with Gasteiger partial charge in [0.15, 0.2) is 0 Å². The molecular weight excluding hydrogens is 282 g/mol. The van der Waals surface area contributed by atoms with Crippen LogP contribution in [0.1, 0.15) is 44.9 Å². The van der Waals surface area contributed by atoms with E-state index in [1.165, 1.54) is 6.21 Å². The molecule has 0 radical (unpaired) electrons. The van der Waals surface area contributed by atoms with Gasteiger partial charge in [0.05, 0.1) is 12.8 Å². The second-order valence-electron chi connectivity index (χ2n) is 6.20. The molecule has 0 amide bonds. The summed E-state index contributed by atoms with van der Waals surface area (Å²) in [4.78, 5) is 13.8. The minimum Gasteiger partial charge on any atom is -0.459 e. The summed E-state index contributed by atoms with van der Waals surface area (Å²) in [6, 6.07) is 7.81. The molecule has 0 unspecified atom stereocenters. The average molecular weight is 307 g/mol. The summed E-state index contributed by atoms with van der Waals surface area (Å²) in [6.45, 7) is 7.83. The van der Waals surface area contributed by atoms with E-state index in [2.05, 4.69) is 5.10 Å². The average Bonchev–Trinajstić information content (AvgIpc) is 2.42. The number of likely N-dealkylation sites (N-methyl/N-ethyl adjacent to an activating group) is 1. The van der Waals surface area contributed by atoms with Gasteiger partial charge in [-0.05, 0) is 45.9 Å². The van der Waals surface area contributed by atoms with Gasteiger partial charge in [-0.25, -0.2) is 0 Å². The Morgan fingerprint density at radius 3 is 2.50 bits per heavy atom. The fourth-order valence-electron chi connectivity index (χ4n) is 1.93. The quantitative estimate of drug-likeness (QED) is 0.479. The highest BCUT2D eigenvalue weighted by atomic mass is 16.6. The second kappa shape index (κ2) is 7.91. The Morgan fingerprint density at radius 1 is 1.41 bits per heavy atom. The number of esters is 1. The van der Waals surface area contributed by atoms with Crippen molar-refractivity contribution in [3.8, 4) is 0 Å². The van der Waals surface area contributed by atoms with E-state index in [4.69, 9.17) is 9.94 Å². The number of rotatable bonds is 6. The molecule has 0 aliphatic heterocycles. The molecule has 0 aliphatic rings. The maximum absolute atomic E-state index is 11.9. The first-order valence-electron chi connectivity index (χ1n) is 7.17. The van der Waals surface area contributed by atoms with E-state index in [0.717, 1.165) is 11.1 Å². The van der Waals surface area contributed by atoms with Crippen LogP contribution >= 0.6 is 0 Å². The summed E-state index contributed by atoms with van der Waals surface area (Å²) in [5.41, 5.74) is 3.20. The van der Waals surface area contributed by atoms with E-state index in [1.54, 1.807) is 5.59 Å². The number of nitrogens with one attached hydrogen (secondary N) is 1. The Labute approximate surface area is 131 Å². The molecule has 22 heavy (non-hydrogen) atoms. The van der Waals surface area contributed by atoms with Crippen molar-refractivity contribution in [3.63, 3.8) is 0 Å². The van der Waals surface area contributed by atoms with Crippen LogP contribution in [0.25, 0.3) is 0 Å². The fourth-order valence-corrected chi connectivity index (χ4v) is 1.93. The number of benzene rings is 1. The smallest absolute Gasteiger partial charge is 0.320 e. The Morgan fingerprint density at radius 2 is 2.00 bits per heavy atom. The van der Waals surface area contributed by atoms with Crippen molar-refractivity contribution in [1.82, 2.24) is 10.5 Å². The van der Waals surface area contributed by atoms with Crippen molar-refractivity contribution in [2.45, 2.75) is 39.3 Å². The zero-order valence-corrected chi connectivity index (χ0v) is 13.8. The molecule has 6 nitrogen and oxygen atoms in total. The van der Waals surface area contributed by atoms with Crippen LogP contribution in [-0.4, -0.2) is 41.5 Å². The summed E-state index contributed by atoms with van der Waals surface area (Å²) in [5, 5.41) is 11.9. The Kier molecular flexibility index (Phi) is 6.52. The van der Waals surface area contributed by atoms with Crippen LogP contribution < -0.4 is 5.59 Å². The summed E-state index contributed by atoms with van der Waals surface area (Å²) < 4.78 is 5.33. The first-order valence-corrected chi connectivity index (χ1v) is 7.17. The predicted octanol–water partition coefficient (Wildman–Crippen LogP) is 2.33. The van der Waals surface area contributed by atoms with Gasteiger partial charge in [-0.2, -0.15) is 10.7 Å². The number of carbonyl (C=O) groups excluding carboxylic acids is 1. The summed E-state index contributed by atoms with van der Waals surface area (Å²) >= 11 is 0. The third kappa shape index (κ3) is 6.24. The van der Waals surface area contributed by atoms with Gasteiger partial charge in [0.1, 0.15) is 5.60 Å². The molecule has 1 rings (SSSR count). The molecule has 1 aromatic rings. The number of carbonyl (C=O) groups is 1. The van der Waals surface area contributed by atoms with Gasteiger partial charge in [0, 0.05) is 6.04 Å². The molecule has 0 bridgehead atoms. The molecule has 0 spiro atoms. The monoisotopic (exact) mass is 307 g/mol. The highest BCUT2D eigenvalue weighted by molar-refractivity contribution is 5.79. The lowest BCUT2D eigenvalue weighted by Gasteiger charge is -2.26. The van der Waals surface area contributed by atoms with Crippen molar-refractivity contribution in [2.75, 3.05) is 13.6 Å². The number of nitrogens with zero attached hydrogens (tertiary/aromatic N) is 2. The third-order valence-electron chi connectivity index (χ3n) is 3.15. The van der Waals surface area contributed by atoms with E-state index < -0.39 is 5.60 Å². The minimum absolute atomic E-state index is 0.0782. The predicted molar refractivity (Wildman–Crippen MR) is 85.8 cm³/mol. The number of hydrogen-bond acceptors (Lipinski definition) is 6. The van der Waals surface area contributed by atoms with E-state index in [1.807, 2.05) is 63.9 Å². The van der Waals surface area contributed by atoms with E-state index in [0.29, 0.717) is 0 Å². The summed E-state index contributed by atoms with van der Waals surface area (Å²) in [5.74, 6) is -0.236. The van der Waals surface area contributed by atoms with Gasteiger partial charge in [0.2, 0.25) is 0 Å². The molecule has 0 heterocycles. The zero-order valence-electron chi connectivity index (χ0n) is 13.8. The van der Waals surface area contributed by atoms with Crippen LogP contribution in [0, 0.1) is 0 Å². The van der Waals surface area contributed by atoms with Crippen LogP contribution in [0.15, 0.2) is 29.4 Å². The molecule has 1 atom stereocenters. The van der Waals surface area contributed by atoms with Crippen LogP contribution in [0.2, 0.25) is 0 Å². The van der Waals surface area contributed by atoms with Crippen LogP contribution in [-0.2, 0) is 9.53 Å². The lowest BCUT2D eigenvalue weighted by Crippen LogP contribution is -2.34. The van der Waals surface area contributed by atoms with Crippen LogP contribution in [0.4, 0.5) is 0 Å². The molecular formula is C16H25N3O3. The van der Waals surface area contributed by atoms with Gasteiger partial charge >= 0.3 is 5.97 Å². The highest BCUT2D eigenvalue weighted by Crippen LogP contribution is 2.19. The van der Waals surface area contributed by atoms with Crippen LogP contribution in [0.3, 0.4) is 0 Å². The van der Waals surface area contributed by atoms with Crippen molar-refractivity contribution in [1.29, 1.82) is 0 Å². The minimum atomic E-state index is -0.469. The molecule has 0 saturated carbocycles. The SMILES string of the molecule is C[C@H](c1ccc(/C=N\NO)cc1)N(C)CC(=O)OC(C)(C)C. The maximum Gasteiger partial charge on any atom is 0.320 e. The molecule has 2 N–H and O–H groups in total. The molecule has 1 aromatic carbocycles. The number of ether oxygens (including phenoxy) is 1. The Balaban J connectivity index is 2.64. The van der Waals surface area contributed by atoms with Gasteiger partial charge in [-0.15, -0.1) is 0 Å². The maximum atomic E-state index is 11.9. The topological polar surface area (TPSA) is 74.2 Å². The Bertz CT molecular complexity index is 506. The molecule has 0 aromatic heterocycles. The molecule has 6 heteroatoms. The normalized spacial score (nSPS) is 13.4. The summed E-state index contributed by atoms with van der Waals surface area (Å²) in [7, 11) is 1.89. The number of hydrogen-bond donors (Lipinski definition) is 2. The third-order valence-corrected chi connectivity index (χ3v) is 3.15. The summed E-state index contributed by atoms with van der Waals surface area (Å²) in [6.07, 6.45) is 1.51. The number of hydrazone groups is 1.